The zero-order valence-corrected chi connectivity index (χ0v) is 12.7. The molecule has 0 saturated heterocycles. The van der Waals surface area contributed by atoms with Crippen molar-refractivity contribution in [1.29, 1.82) is 0 Å². The quantitative estimate of drug-likeness (QED) is 0.861. The number of hydrogen-bond donors (Lipinski definition) is 1. The van der Waals surface area contributed by atoms with Gasteiger partial charge in [-0.15, -0.1) is 4.72 Å². The van der Waals surface area contributed by atoms with Gasteiger partial charge in [0.1, 0.15) is 4.75 Å². The van der Waals surface area contributed by atoms with Crippen LogP contribution in [0.25, 0.3) is 10.8 Å². The molecule has 2 aromatic rings. The van der Waals surface area contributed by atoms with Crippen LogP contribution in [0.2, 0.25) is 0 Å². The molecule has 2 rings (SSSR count). The normalized spacial score (nSPS) is 17.8. The van der Waals surface area contributed by atoms with Crippen LogP contribution in [-0.2, 0) is 11.4 Å². The number of nitrogens with one attached hydrogen (secondary N) is 1. The molecule has 0 aliphatic heterocycles. The zero-order valence-electron chi connectivity index (χ0n) is 12.9. The molecule has 2 atom stereocenters. The highest BCUT2D eigenvalue weighted by atomic mass is 32.2. The number of rotatable bonds is 3. The van der Waals surface area contributed by atoms with Crippen LogP contribution in [-0.4, -0.2) is 9.30 Å². The number of fused-ring (bicyclic) bond motifs is 1. The lowest BCUT2D eigenvalue weighted by Crippen LogP contribution is -2.40. The maximum atomic E-state index is 12.3. The molecular formula is C16H21NOS. The molecule has 102 valence electrons. The van der Waals surface area contributed by atoms with Gasteiger partial charge in [-0.1, -0.05) is 42.5 Å². The van der Waals surface area contributed by atoms with Gasteiger partial charge in [-0.3, -0.25) is 0 Å². The van der Waals surface area contributed by atoms with E-state index in [-0.39, 0.29) is 0 Å². The third-order valence-electron chi connectivity index (χ3n) is 3.00. The summed E-state index contributed by atoms with van der Waals surface area (Å²) in [5.41, 5.74) is 0.841. The smallest absolute Gasteiger partial charge is 0.136 e. The second-order valence-electron chi connectivity index (χ2n) is 5.63. The maximum Gasteiger partial charge on any atom is 0.136 e. The summed E-state index contributed by atoms with van der Waals surface area (Å²) in [6.07, 6.45) is 0. The van der Waals surface area contributed by atoms with Crippen LogP contribution in [0.4, 0.5) is 0 Å². The van der Waals surface area contributed by atoms with E-state index >= 15 is 0 Å². The zero-order chi connectivity index (χ0) is 15.0. The third-order valence-corrected chi connectivity index (χ3v) is 4.60. The van der Waals surface area contributed by atoms with Crippen LogP contribution in [0.5, 0.6) is 0 Å². The lowest BCUT2D eigenvalue weighted by molar-refractivity contribution is 0.532. The van der Waals surface area contributed by atoms with Gasteiger partial charge in [0.2, 0.25) is 0 Å². The van der Waals surface area contributed by atoms with Crippen molar-refractivity contribution in [2.75, 3.05) is 0 Å². The van der Waals surface area contributed by atoms with E-state index in [4.69, 9.17) is 1.37 Å². The summed E-state index contributed by atoms with van der Waals surface area (Å²) >= 11 is -1.29. The molecule has 0 bridgehead atoms. The Bertz CT molecular complexity index is 601. The molecule has 19 heavy (non-hydrogen) atoms. The molecule has 0 fully saturated rings. The molecule has 3 heteroatoms. The molecular weight excluding hydrogens is 254 g/mol. The highest BCUT2D eigenvalue weighted by Crippen LogP contribution is 2.26. The van der Waals surface area contributed by atoms with Crippen LogP contribution >= 0.6 is 0 Å². The van der Waals surface area contributed by atoms with Crippen molar-refractivity contribution in [2.45, 2.75) is 38.5 Å². The second-order valence-corrected chi connectivity index (χ2v) is 7.60. The van der Waals surface area contributed by atoms with Crippen molar-refractivity contribution in [1.82, 2.24) is 4.72 Å². The Morgan fingerprint density at radius 2 is 1.79 bits per heavy atom. The molecule has 0 heterocycles. The van der Waals surface area contributed by atoms with Gasteiger partial charge in [0, 0.05) is 11.4 Å². The molecule has 1 N–H and O–H groups in total. The van der Waals surface area contributed by atoms with Crippen molar-refractivity contribution >= 4 is 22.1 Å². The van der Waals surface area contributed by atoms with Crippen molar-refractivity contribution in [3.8, 4) is 0 Å². The van der Waals surface area contributed by atoms with E-state index < -0.39 is 22.1 Å². The van der Waals surface area contributed by atoms with Crippen LogP contribution in [0, 0.1) is 0 Å². The van der Waals surface area contributed by atoms with E-state index in [0.29, 0.717) is 0 Å². The highest BCUT2D eigenvalue weighted by molar-refractivity contribution is 7.90. The van der Waals surface area contributed by atoms with E-state index in [1.165, 1.54) is 0 Å². The summed E-state index contributed by atoms with van der Waals surface area (Å²) in [6.45, 7) is 7.44. The average Bonchev–Trinajstić information content (AvgIpc) is 2.36. The van der Waals surface area contributed by atoms with Gasteiger partial charge in [0.15, 0.2) is 0 Å². The fourth-order valence-corrected chi connectivity index (χ4v) is 2.59. The van der Waals surface area contributed by atoms with Gasteiger partial charge in [-0.05, 0) is 44.0 Å². The summed E-state index contributed by atoms with van der Waals surface area (Å²) in [5, 5.41) is 2.11. The van der Waals surface area contributed by atoms with Crippen molar-refractivity contribution < 1.29 is 5.92 Å². The summed E-state index contributed by atoms with van der Waals surface area (Å²) in [4.78, 5) is 0. The lowest BCUT2D eigenvalue weighted by Gasteiger charge is -2.27. The van der Waals surface area contributed by atoms with Gasteiger partial charge < -0.3 is 4.55 Å². The minimum atomic E-state index is -1.29. The second kappa shape index (κ2) is 5.53. The fourth-order valence-electron chi connectivity index (χ4n) is 1.90. The van der Waals surface area contributed by atoms with Gasteiger partial charge in [0.05, 0.1) is 7.39 Å². The summed E-state index contributed by atoms with van der Waals surface area (Å²) in [7, 11) is 0. The molecule has 2 nitrogen and oxygen atoms in total. The number of benzene rings is 2. The first-order valence-electron chi connectivity index (χ1n) is 6.90. The molecule has 0 spiro atoms. The maximum absolute atomic E-state index is 12.3. The van der Waals surface area contributed by atoms with Crippen LogP contribution in [0.1, 0.15) is 40.6 Å². The summed E-state index contributed by atoms with van der Waals surface area (Å²) < 4.78 is 23.4. The monoisotopic (exact) mass is 276 g/mol. The minimum Gasteiger partial charge on any atom is -0.598 e. The van der Waals surface area contributed by atoms with Gasteiger partial charge in [0.25, 0.3) is 0 Å². The predicted molar refractivity (Wildman–Crippen MR) is 83.4 cm³/mol. The standard InChI is InChI=1S/C16H21NOS/c1-12(17-19(18)16(2,3)4)14-11-7-9-13-8-5-6-10-15(13)14/h5-12,17H,1-4H3/t12-,19+/m1/s1/i12D. The van der Waals surface area contributed by atoms with Gasteiger partial charge in [-0.25, -0.2) is 0 Å². The number of hydrogen-bond acceptors (Lipinski definition) is 2. The molecule has 0 aromatic heterocycles. The Balaban J connectivity index is 2.42. The average molecular weight is 276 g/mol. The Hall–Kier alpha value is -1.03. The first kappa shape index (κ1) is 13.0. The fraction of sp³-hybridized carbons (Fsp3) is 0.375. The van der Waals surface area contributed by atoms with E-state index in [1.807, 2.05) is 63.2 Å². The largest absolute Gasteiger partial charge is 0.598 e. The molecule has 2 aromatic carbocycles. The van der Waals surface area contributed by atoms with Crippen molar-refractivity contribution in [3.63, 3.8) is 0 Å². The van der Waals surface area contributed by atoms with E-state index in [0.717, 1.165) is 16.3 Å². The Morgan fingerprint density at radius 3 is 2.47 bits per heavy atom. The van der Waals surface area contributed by atoms with Crippen LogP contribution in [0.15, 0.2) is 42.5 Å². The lowest BCUT2D eigenvalue weighted by atomic mass is 10.0. The van der Waals surface area contributed by atoms with Crippen LogP contribution < -0.4 is 4.72 Å². The first-order valence-corrected chi connectivity index (χ1v) is 7.55. The Labute approximate surface area is 119 Å². The molecule has 0 radical (unpaired) electrons. The van der Waals surface area contributed by atoms with Crippen molar-refractivity contribution in [2.24, 2.45) is 0 Å². The van der Waals surface area contributed by atoms with Crippen LogP contribution in [0.3, 0.4) is 0 Å². The molecule has 0 aliphatic carbocycles. The first-order chi connectivity index (χ1) is 9.22. The topological polar surface area (TPSA) is 35.1 Å². The SMILES string of the molecule is [2H][C@](C)(N[S@@+]([O-])C(C)(C)C)c1cccc2ccccc12. The van der Waals surface area contributed by atoms with E-state index in [9.17, 15) is 4.55 Å². The molecule has 0 saturated carbocycles. The predicted octanol–water partition coefficient (Wildman–Crippen LogP) is 3.95. The van der Waals surface area contributed by atoms with E-state index in [2.05, 4.69) is 4.72 Å². The third kappa shape index (κ3) is 3.30. The van der Waals surface area contributed by atoms with Gasteiger partial charge >= 0.3 is 0 Å². The Morgan fingerprint density at radius 1 is 1.16 bits per heavy atom. The highest BCUT2D eigenvalue weighted by Gasteiger charge is 2.28. The van der Waals surface area contributed by atoms with Crippen molar-refractivity contribution in [3.05, 3.63) is 48.0 Å². The molecule has 0 unspecified atom stereocenters. The Kier molecular flexibility index (Phi) is 3.78. The minimum absolute atomic E-state index is 0.396. The van der Waals surface area contributed by atoms with Gasteiger partial charge in [-0.2, -0.15) is 0 Å². The molecule has 0 amide bonds. The summed E-state index contributed by atoms with van der Waals surface area (Å²) in [5.74, 6) is 0. The summed E-state index contributed by atoms with van der Waals surface area (Å²) in [6, 6.07) is 12.7. The molecule has 0 aliphatic rings. The van der Waals surface area contributed by atoms with E-state index in [1.54, 1.807) is 6.92 Å².